The minimum absolute atomic E-state index is 0.0144. The lowest BCUT2D eigenvalue weighted by molar-refractivity contribution is 0.0696. The summed E-state index contributed by atoms with van der Waals surface area (Å²) in [5.74, 6) is -0.183. The summed E-state index contributed by atoms with van der Waals surface area (Å²) in [5, 5.41) is 14.9. The number of para-hydroxylation sites is 1. The van der Waals surface area contributed by atoms with Gasteiger partial charge in [0.15, 0.2) is 0 Å². The SMILES string of the molecule is Cc1cc([C@H]2C[C@@H](CCN[C@H](C)c3ccc(F)c4ccccc34)Oc3ccccc32)cc(C(=O)O)c1C. The van der Waals surface area contributed by atoms with Gasteiger partial charge in [-0.25, -0.2) is 9.18 Å². The van der Waals surface area contributed by atoms with Crippen molar-refractivity contribution in [3.05, 3.63) is 112 Å². The van der Waals surface area contributed by atoms with Crippen LogP contribution in [0, 0.1) is 19.7 Å². The second kappa shape index (κ2) is 10.3. The van der Waals surface area contributed by atoms with Crippen LogP contribution in [0.4, 0.5) is 4.39 Å². The van der Waals surface area contributed by atoms with E-state index in [1.165, 1.54) is 6.07 Å². The van der Waals surface area contributed by atoms with Crippen molar-refractivity contribution in [3.8, 4) is 5.75 Å². The Kier molecular flexibility index (Phi) is 6.98. The molecule has 190 valence electrons. The number of nitrogens with one attached hydrogen (secondary N) is 1. The van der Waals surface area contributed by atoms with Crippen LogP contribution >= 0.6 is 0 Å². The summed E-state index contributed by atoms with van der Waals surface area (Å²) in [6, 6.07) is 23.0. The first-order chi connectivity index (χ1) is 17.8. The summed E-state index contributed by atoms with van der Waals surface area (Å²) < 4.78 is 20.7. The molecule has 0 saturated carbocycles. The van der Waals surface area contributed by atoms with E-state index in [0.29, 0.717) is 10.9 Å². The van der Waals surface area contributed by atoms with E-state index in [-0.39, 0.29) is 23.9 Å². The number of halogens is 1. The Morgan fingerprint density at radius 3 is 2.57 bits per heavy atom. The van der Waals surface area contributed by atoms with Crippen molar-refractivity contribution in [2.75, 3.05) is 6.54 Å². The van der Waals surface area contributed by atoms with E-state index in [2.05, 4.69) is 24.4 Å². The minimum atomic E-state index is -0.897. The number of carboxylic acid groups (broad SMARTS) is 1. The molecular weight excluding hydrogens is 465 g/mol. The molecule has 0 spiro atoms. The van der Waals surface area contributed by atoms with Crippen LogP contribution in [-0.4, -0.2) is 23.7 Å². The molecule has 0 amide bonds. The summed E-state index contributed by atoms with van der Waals surface area (Å²) in [6.45, 7) is 6.67. The molecule has 1 heterocycles. The number of rotatable bonds is 7. The highest BCUT2D eigenvalue weighted by atomic mass is 19.1. The number of ether oxygens (including phenoxy) is 1. The molecule has 0 radical (unpaired) electrons. The standard InChI is InChI=1S/C32H32FNO3/c1-19-16-22(17-28(20(19)2)32(35)36)29-18-23(37-31-11-7-6-10-27(29)31)14-15-34-21(3)24-12-13-30(33)26-9-5-4-8-25(24)26/h4-13,16-17,21,23,29,34H,14-15,18H2,1-3H3,(H,35,36)/t21-,23-,29-/m1/s1. The van der Waals surface area contributed by atoms with E-state index in [1.54, 1.807) is 0 Å². The third-order valence-corrected chi connectivity index (χ3v) is 7.70. The quantitative estimate of drug-likeness (QED) is 0.281. The van der Waals surface area contributed by atoms with E-state index in [0.717, 1.165) is 58.3 Å². The van der Waals surface area contributed by atoms with Crippen molar-refractivity contribution in [1.29, 1.82) is 0 Å². The fourth-order valence-electron chi connectivity index (χ4n) is 5.53. The zero-order valence-electron chi connectivity index (χ0n) is 21.4. The van der Waals surface area contributed by atoms with Crippen molar-refractivity contribution >= 4 is 16.7 Å². The average molecular weight is 498 g/mol. The molecule has 37 heavy (non-hydrogen) atoms. The zero-order valence-corrected chi connectivity index (χ0v) is 21.4. The van der Waals surface area contributed by atoms with Crippen molar-refractivity contribution in [1.82, 2.24) is 5.32 Å². The van der Waals surface area contributed by atoms with Crippen molar-refractivity contribution in [2.45, 2.75) is 51.7 Å². The lowest BCUT2D eigenvalue weighted by Crippen LogP contribution is -2.31. The van der Waals surface area contributed by atoms with Gasteiger partial charge in [-0.3, -0.25) is 0 Å². The molecule has 0 saturated heterocycles. The predicted octanol–water partition coefficient (Wildman–Crippen LogP) is 7.32. The maximum absolute atomic E-state index is 14.3. The van der Waals surface area contributed by atoms with E-state index in [4.69, 9.17) is 4.74 Å². The highest BCUT2D eigenvalue weighted by Gasteiger charge is 2.30. The molecule has 3 atom stereocenters. The molecule has 1 aliphatic rings. The van der Waals surface area contributed by atoms with Crippen LogP contribution in [0.5, 0.6) is 5.75 Å². The lowest BCUT2D eigenvalue weighted by atomic mass is 9.81. The van der Waals surface area contributed by atoms with E-state index in [1.807, 2.05) is 68.4 Å². The third kappa shape index (κ3) is 4.96. The van der Waals surface area contributed by atoms with Gasteiger partial charge in [0.1, 0.15) is 17.7 Å². The molecule has 4 aromatic carbocycles. The first-order valence-corrected chi connectivity index (χ1v) is 12.8. The van der Waals surface area contributed by atoms with Crippen LogP contribution in [0.2, 0.25) is 0 Å². The van der Waals surface area contributed by atoms with Crippen LogP contribution < -0.4 is 10.1 Å². The van der Waals surface area contributed by atoms with Crippen LogP contribution in [0.3, 0.4) is 0 Å². The molecule has 5 rings (SSSR count). The highest BCUT2D eigenvalue weighted by molar-refractivity contribution is 5.90. The number of carbonyl (C=O) groups is 1. The number of hydrogen-bond donors (Lipinski definition) is 2. The molecule has 5 heteroatoms. The molecular formula is C32H32FNO3. The van der Waals surface area contributed by atoms with Gasteiger partial charge >= 0.3 is 5.97 Å². The Balaban J connectivity index is 1.34. The maximum atomic E-state index is 14.3. The number of benzene rings is 4. The lowest BCUT2D eigenvalue weighted by Gasteiger charge is -2.33. The smallest absolute Gasteiger partial charge is 0.335 e. The Hall–Kier alpha value is -3.70. The molecule has 0 aliphatic carbocycles. The number of fused-ring (bicyclic) bond motifs is 2. The normalized spacial score (nSPS) is 17.7. The molecule has 4 aromatic rings. The second-order valence-corrected chi connectivity index (χ2v) is 10.0. The van der Waals surface area contributed by atoms with Gasteiger partial charge in [0.25, 0.3) is 0 Å². The van der Waals surface area contributed by atoms with Gasteiger partial charge in [-0.2, -0.15) is 0 Å². The van der Waals surface area contributed by atoms with Crippen molar-refractivity contribution in [3.63, 3.8) is 0 Å². The van der Waals surface area contributed by atoms with Gasteiger partial charge in [0.2, 0.25) is 0 Å². The molecule has 0 fully saturated rings. The molecule has 2 N–H and O–H groups in total. The van der Waals surface area contributed by atoms with E-state index < -0.39 is 5.97 Å². The zero-order chi connectivity index (χ0) is 26.1. The van der Waals surface area contributed by atoms with Gasteiger partial charge < -0.3 is 15.2 Å². The molecule has 1 aliphatic heterocycles. The van der Waals surface area contributed by atoms with Crippen molar-refractivity contribution < 1.29 is 19.0 Å². The summed E-state index contributed by atoms with van der Waals surface area (Å²) >= 11 is 0. The molecule has 0 unspecified atom stereocenters. The van der Waals surface area contributed by atoms with Gasteiger partial charge in [-0.1, -0.05) is 54.6 Å². The number of carboxylic acids is 1. The second-order valence-electron chi connectivity index (χ2n) is 10.0. The Morgan fingerprint density at radius 2 is 1.78 bits per heavy atom. The molecule has 0 bridgehead atoms. The first kappa shape index (κ1) is 25.0. The van der Waals surface area contributed by atoms with Gasteiger partial charge in [-0.15, -0.1) is 0 Å². The van der Waals surface area contributed by atoms with E-state index >= 15 is 0 Å². The van der Waals surface area contributed by atoms with Crippen LogP contribution in [-0.2, 0) is 0 Å². The average Bonchev–Trinajstić information content (AvgIpc) is 2.90. The van der Waals surface area contributed by atoms with Gasteiger partial charge in [0.05, 0.1) is 5.56 Å². The summed E-state index contributed by atoms with van der Waals surface area (Å²) in [4.78, 5) is 11.9. The number of aryl methyl sites for hydroxylation is 1. The summed E-state index contributed by atoms with van der Waals surface area (Å²) in [5.41, 5.74) is 5.33. The molecule has 4 nitrogen and oxygen atoms in total. The highest BCUT2D eigenvalue weighted by Crippen LogP contribution is 2.42. The number of hydrogen-bond acceptors (Lipinski definition) is 3. The van der Waals surface area contributed by atoms with Crippen LogP contribution in [0.25, 0.3) is 10.8 Å². The fourth-order valence-corrected chi connectivity index (χ4v) is 5.53. The van der Waals surface area contributed by atoms with Crippen LogP contribution in [0.15, 0.2) is 72.8 Å². The number of aromatic carboxylic acids is 1. The van der Waals surface area contributed by atoms with E-state index in [9.17, 15) is 14.3 Å². The molecule has 0 aromatic heterocycles. The van der Waals surface area contributed by atoms with Crippen molar-refractivity contribution in [2.24, 2.45) is 0 Å². The Bertz CT molecular complexity index is 1460. The van der Waals surface area contributed by atoms with Crippen LogP contribution in [0.1, 0.15) is 69.9 Å². The largest absolute Gasteiger partial charge is 0.490 e. The van der Waals surface area contributed by atoms with Gasteiger partial charge in [0, 0.05) is 22.9 Å². The monoisotopic (exact) mass is 497 g/mol. The fraction of sp³-hybridized carbons (Fsp3) is 0.281. The maximum Gasteiger partial charge on any atom is 0.335 e. The predicted molar refractivity (Wildman–Crippen MR) is 145 cm³/mol. The Morgan fingerprint density at radius 1 is 1.05 bits per heavy atom. The topological polar surface area (TPSA) is 58.6 Å². The van der Waals surface area contributed by atoms with Gasteiger partial charge in [-0.05, 0) is 86.0 Å². The minimum Gasteiger partial charge on any atom is -0.490 e. The summed E-state index contributed by atoms with van der Waals surface area (Å²) in [7, 11) is 0. The third-order valence-electron chi connectivity index (χ3n) is 7.70. The summed E-state index contributed by atoms with van der Waals surface area (Å²) in [6.07, 6.45) is 1.55. The Labute approximate surface area is 217 Å². The first-order valence-electron chi connectivity index (χ1n) is 12.8.